The van der Waals surface area contributed by atoms with E-state index >= 15 is 0 Å². The van der Waals surface area contributed by atoms with Crippen molar-refractivity contribution in [2.45, 2.75) is 119 Å². The quantitative estimate of drug-likeness (QED) is 0.106. The Kier molecular flexibility index (Phi) is 25.9. The maximum absolute atomic E-state index is 3.83. The Morgan fingerprint density at radius 3 is 0.607 bits per heavy atom. The van der Waals surface area contributed by atoms with Gasteiger partial charge in [-0.3, -0.25) is 0 Å². The van der Waals surface area contributed by atoms with Crippen molar-refractivity contribution in [3.05, 3.63) is 0 Å². The van der Waals surface area contributed by atoms with Crippen LogP contribution in [0.5, 0.6) is 0 Å². The second-order valence-electron chi connectivity index (χ2n) is 8.79. The number of hydrogen-bond donors (Lipinski definition) is 0. The van der Waals surface area contributed by atoms with Crippen molar-refractivity contribution in [1.29, 1.82) is 0 Å². The van der Waals surface area contributed by atoms with Crippen molar-refractivity contribution in [3.8, 4) is 0 Å². The molecule has 0 bridgehead atoms. The van der Waals surface area contributed by atoms with Crippen LogP contribution in [0.15, 0.2) is 0 Å². The Bertz CT molecular complexity index is 237. The van der Waals surface area contributed by atoms with Crippen LogP contribution in [-0.4, -0.2) is 37.0 Å². The Morgan fingerprint density at radius 1 is 0.357 bits per heavy atom. The zero-order valence-corrected chi connectivity index (χ0v) is 25.5. The zero-order valence-electron chi connectivity index (χ0n) is 20.4. The maximum atomic E-state index is 3.83. The predicted molar refractivity (Wildman–Crippen MR) is 135 cm³/mol. The van der Waals surface area contributed by atoms with E-state index in [0.29, 0.717) is 0 Å². The molecule has 4 heteroatoms. The van der Waals surface area contributed by atoms with Crippen LogP contribution in [-0.2, 0) is 37.4 Å². The van der Waals surface area contributed by atoms with Crippen molar-refractivity contribution < 1.29 is 37.4 Å². The summed E-state index contributed by atoms with van der Waals surface area (Å²) >= 11 is 7.66. The van der Waals surface area contributed by atoms with Crippen molar-refractivity contribution in [1.82, 2.24) is 0 Å². The fourth-order valence-electron chi connectivity index (χ4n) is 3.65. The van der Waals surface area contributed by atoms with Gasteiger partial charge in [-0.25, -0.2) is 0 Å². The fourth-order valence-corrected chi connectivity index (χ4v) is 15.9. The van der Waals surface area contributed by atoms with Crippen LogP contribution < -0.4 is 0 Å². The molecule has 0 saturated carbocycles. The molecule has 0 heterocycles. The standard InChI is InChI=1S/2C12H27P.2Pd/c2*1-4-7-10-13(11-8-5-2)12-9-6-3;;/h2*4-12H2,1-3H3;;/q;;2*-1/p+2. The SMILES string of the molecule is CCCC[PH]([Pd])(CCCC)CCCC.CCCC[PH]([Pd])(CCCC)CCCC. The summed E-state index contributed by atoms with van der Waals surface area (Å²) in [6.45, 7) is 13.9. The van der Waals surface area contributed by atoms with E-state index in [-0.39, 0.29) is 0 Å². The first-order valence-corrected chi connectivity index (χ1v) is 22.2. The molecule has 0 aliphatic heterocycles. The van der Waals surface area contributed by atoms with E-state index in [2.05, 4.69) is 79.0 Å². The number of hydrogen-bond acceptors (Lipinski definition) is 0. The molecule has 0 atom stereocenters. The molecular weight excluding hydrogens is 563 g/mol. The van der Waals surface area contributed by atoms with Gasteiger partial charge in [-0.2, -0.15) is 0 Å². The zero-order chi connectivity index (χ0) is 21.7. The molecule has 0 nitrogen and oxygen atoms in total. The summed E-state index contributed by atoms with van der Waals surface area (Å²) in [5.41, 5.74) is -1.92. The summed E-state index contributed by atoms with van der Waals surface area (Å²) in [7, 11) is 0. The average Bonchev–Trinajstić information content (AvgIpc) is 2.71. The molecule has 0 aromatic heterocycles. The van der Waals surface area contributed by atoms with Gasteiger partial charge >= 0.3 is 204 Å². The van der Waals surface area contributed by atoms with E-state index < -0.39 is 10.9 Å². The summed E-state index contributed by atoms with van der Waals surface area (Å²) in [5, 5.41) is 0. The third-order valence-corrected chi connectivity index (χ3v) is 20.1. The minimum absolute atomic E-state index is 0.962. The molecule has 0 spiro atoms. The van der Waals surface area contributed by atoms with Crippen molar-refractivity contribution >= 4 is 10.9 Å². The van der Waals surface area contributed by atoms with Crippen molar-refractivity contribution in [2.75, 3.05) is 37.0 Å². The fraction of sp³-hybridized carbons (Fsp3) is 1.00. The van der Waals surface area contributed by atoms with E-state index in [4.69, 9.17) is 0 Å². The summed E-state index contributed by atoms with van der Waals surface area (Å²) in [4.78, 5) is 0. The molecule has 0 aliphatic rings. The van der Waals surface area contributed by atoms with E-state index in [1.807, 2.05) is 0 Å². The average molecular weight is 619 g/mol. The first-order valence-electron chi connectivity index (χ1n) is 12.7. The van der Waals surface area contributed by atoms with Crippen LogP contribution in [0.4, 0.5) is 0 Å². The molecule has 0 aromatic rings. The summed E-state index contributed by atoms with van der Waals surface area (Å²) in [5.74, 6) is 0. The molecule has 0 unspecified atom stereocenters. The second kappa shape index (κ2) is 22.4. The molecule has 0 aromatic carbocycles. The van der Waals surface area contributed by atoms with Gasteiger partial charge in [0.05, 0.1) is 0 Å². The molecule has 182 valence electrons. The van der Waals surface area contributed by atoms with Gasteiger partial charge in [0, 0.05) is 0 Å². The number of rotatable bonds is 18. The van der Waals surface area contributed by atoms with E-state index in [0.717, 1.165) is 0 Å². The van der Waals surface area contributed by atoms with Gasteiger partial charge in [0.2, 0.25) is 0 Å². The first-order chi connectivity index (χ1) is 13.4. The second-order valence-corrected chi connectivity index (χ2v) is 26.0. The predicted octanol–water partition coefficient (Wildman–Crippen LogP) is 9.20. The third-order valence-electron chi connectivity index (χ3n) is 5.78. The van der Waals surface area contributed by atoms with Gasteiger partial charge in [0.25, 0.3) is 0 Å². The molecule has 0 saturated heterocycles. The van der Waals surface area contributed by atoms with Gasteiger partial charge in [-0.05, 0) is 0 Å². The van der Waals surface area contributed by atoms with Crippen LogP contribution in [0, 0.1) is 0 Å². The first kappa shape index (κ1) is 32.4. The molecule has 0 radical (unpaired) electrons. The normalized spacial score (nSPS) is 13.2. The molecule has 0 amide bonds. The van der Waals surface area contributed by atoms with Crippen LogP contribution in [0.2, 0.25) is 0 Å². The van der Waals surface area contributed by atoms with Gasteiger partial charge in [0.15, 0.2) is 0 Å². The van der Waals surface area contributed by atoms with Gasteiger partial charge in [0.1, 0.15) is 0 Å². The molecule has 0 aliphatic carbocycles. The van der Waals surface area contributed by atoms with Crippen LogP contribution in [0.25, 0.3) is 0 Å². The Balaban J connectivity index is 0. The van der Waals surface area contributed by atoms with Crippen LogP contribution in [0.3, 0.4) is 0 Å². The Morgan fingerprint density at radius 2 is 0.500 bits per heavy atom. The van der Waals surface area contributed by atoms with Gasteiger partial charge in [-0.15, -0.1) is 0 Å². The van der Waals surface area contributed by atoms with E-state index in [9.17, 15) is 0 Å². The van der Waals surface area contributed by atoms with E-state index in [1.54, 1.807) is 0 Å². The monoisotopic (exact) mass is 618 g/mol. The van der Waals surface area contributed by atoms with Gasteiger partial charge in [-0.1, -0.05) is 0 Å². The minimum atomic E-state index is -0.962. The molecule has 0 N–H and O–H groups in total. The summed E-state index contributed by atoms with van der Waals surface area (Å²) < 4.78 is 0. The van der Waals surface area contributed by atoms with Gasteiger partial charge < -0.3 is 0 Å². The molecule has 28 heavy (non-hydrogen) atoms. The Labute approximate surface area is 202 Å². The molecular formula is C24H56P2Pd2. The summed E-state index contributed by atoms with van der Waals surface area (Å²) in [6, 6.07) is 0. The van der Waals surface area contributed by atoms with E-state index in [1.165, 1.54) is 114 Å². The van der Waals surface area contributed by atoms with Crippen molar-refractivity contribution in [2.24, 2.45) is 0 Å². The third kappa shape index (κ3) is 20.1. The number of unbranched alkanes of at least 4 members (excludes halogenated alkanes) is 6. The molecule has 0 fully saturated rings. The van der Waals surface area contributed by atoms with Crippen LogP contribution >= 0.6 is 10.9 Å². The topological polar surface area (TPSA) is 0 Å². The molecule has 0 rings (SSSR count). The Hall–Kier alpha value is 2.18. The summed E-state index contributed by atoms with van der Waals surface area (Å²) in [6.07, 6.45) is 26.0. The van der Waals surface area contributed by atoms with Crippen molar-refractivity contribution in [3.63, 3.8) is 0 Å². The van der Waals surface area contributed by atoms with Crippen LogP contribution in [0.1, 0.15) is 119 Å².